The third-order valence-corrected chi connectivity index (χ3v) is 6.51. The minimum absolute atomic E-state index is 0.0121. The summed E-state index contributed by atoms with van der Waals surface area (Å²) in [7, 11) is 0. The molecule has 1 aliphatic heterocycles. The van der Waals surface area contributed by atoms with E-state index >= 15 is 0 Å². The van der Waals surface area contributed by atoms with E-state index in [4.69, 9.17) is 9.47 Å². The number of imidazole rings is 1. The lowest BCUT2D eigenvalue weighted by Gasteiger charge is -2.21. The minimum Gasteiger partial charge on any atom is -0.469 e. The molecule has 0 N–H and O–H groups in total. The Morgan fingerprint density at radius 1 is 1.13 bits per heavy atom. The van der Waals surface area contributed by atoms with Crippen LogP contribution in [-0.2, 0) is 14.3 Å². The number of esters is 1. The molecule has 3 heterocycles. The molecule has 0 aliphatic carbocycles. The number of anilines is 1. The van der Waals surface area contributed by atoms with Crippen molar-refractivity contribution < 1.29 is 23.5 Å². The van der Waals surface area contributed by atoms with E-state index in [9.17, 15) is 14.0 Å². The molecule has 2 atom stereocenters. The Hall–Kier alpha value is -4.27. The summed E-state index contributed by atoms with van der Waals surface area (Å²) >= 11 is 0. The molecular formula is C30H31FN4O4. The number of hydrogen-bond donors (Lipinski definition) is 0. The molecule has 0 spiro atoms. The van der Waals surface area contributed by atoms with Gasteiger partial charge in [0.1, 0.15) is 17.5 Å². The number of amides is 1. The highest BCUT2D eigenvalue weighted by atomic mass is 19.1. The predicted molar refractivity (Wildman–Crippen MR) is 145 cm³/mol. The summed E-state index contributed by atoms with van der Waals surface area (Å²) in [5, 5.41) is 4.60. The number of carbonyl (C=O) groups excluding carboxylic acids is 2. The largest absolute Gasteiger partial charge is 0.469 e. The molecule has 1 aliphatic rings. The maximum absolute atomic E-state index is 13.6. The standard InChI is InChI=1S/C30H31FN4O4/c1-19(22-6-5-7-23(31)16-22)38-27-13-12-26-32-17-25(35(26)33-27)21-8-10-24(11-9-21)34-18-20(14-28(34)36)15-29(37)39-30(2,3)4/h5-13,16-17,19-20H,14-15,18H2,1-4H3/t19-,20-/m1/s1. The number of ether oxygens (including phenoxy) is 2. The number of halogens is 1. The summed E-state index contributed by atoms with van der Waals surface area (Å²) in [5.41, 5.74) is 3.21. The first-order valence-electron chi connectivity index (χ1n) is 13.0. The Morgan fingerprint density at radius 3 is 2.62 bits per heavy atom. The van der Waals surface area contributed by atoms with Crippen LogP contribution >= 0.6 is 0 Å². The first-order chi connectivity index (χ1) is 18.6. The van der Waals surface area contributed by atoms with Crippen molar-refractivity contribution in [3.8, 4) is 17.1 Å². The summed E-state index contributed by atoms with van der Waals surface area (Å²) in [6, 6.07) is 17.4. The van der Waals surface area contributed by atoms with Crippen molar-refractivity contribution in [3.05, 3.63) is 78.2 Å². The fraction of sp³-hybridized carbons (Fsp3) is 0.333. The summed E-state index contributed by atoms with van der Waals surface area (Å²) in [5.74, 6) is -0.314. The number of nitrogens with zero attached hydrogens (tertiary/aromatic N) is 4. The van der Waals surface area contributed by atoms with E-state index in [1.165, 1.54) is 12.1 Å². The van der Waals surface area contributed by atoms with Crippen LogP contribution in [0.15, 0.2) is 66.9 Å². The predicted octanol–water partition coefficient (Wildman–Crippen LogP) is 5.76. The molecule has 1 amide bonds. The van der Waals surface area contributed by atoms with Crippen molar-refractivity contribution in [1.29, 1.82) is 0 Å². The normalized spacial score (nSPS) is 16.5. The van der Waals surface area contributed by atoms with Gasteiger partial charge in [0.2, 0.25) is 11.8 Å². The Balaban J connectivity index is 1.30. The molecular weight excluding hydrogens is 499 g/mol. The van der Waals surface area contributed by atoms with Crippen molar-refractivity contribution in [2.45, 2.75) is 52.2 Å². The highest BCUT2D eigenvalue weighted by Gasteiger charge is 2.33. The van der Waals surface area contributed by atoms with E-state index in [1.807, 2.05) is 58.0 Å². The van der Waals surface area contributed by atoms with Crippen LogP contribution in [0.4, 0.5) is 10.1 Å². The van der Waals surface area contributed by atoms with Gasteiger partial charge < -0.3 is 14.4 Å². The zero-order valence-corrected chi connectivity index (χ0v) is 22.4. The number of benzene rings is 2. The van der Waals surface area contributed by atoms with Gasteiger partial charge in [-0.1, -0.05) is 24.3 Å². The van der Waals surface area contributed by atoms with Crippen molar-refractivity contribution in [1.82, 2.24) is 14.6 Å². The number of carbonyl (C=O) groups is 2. The molecule has 0 unspecified atom stereocenters. The van der Waals surface area contributed by atoms with Gasteiger partial charge in [-0.05, 0) is 69.5 Å². The number of rotatable bonds is 7. The molecule has 0 saturated carbocycles. The lowest BCUT2D eigenvalue weighted by molar-refractivity contribution is -0.155. The summed E-state index contributed by atoms with van der Waals surface area (Å²) in [6.45, 7) is 7.81. The van der Waals surface area contributed by atoms with Crippen LogP contribution in [0, 0.1) is 11.7 Å². The number of hydrogen-bond acceptors (Lipinski definition) is 6. The average molecular weight is 531 g/mol. The SMILES string of the molecule is C[C@@H](Oc1ccc2ncc(-c3ccc(N4C[C@@H](CC(=O)OC(C)(C)C)CC4=O)cc3)n2n1)c1cccc(F)c1. The van der Waals surface area contributed by atoms with Crippen molar-refractivity contribution in [3.63, 3.8) is 0 Å². The van der Waals surface area contributed by atoms with Gasteiger partial charge in [0.25, 0.3) is 0 Å². The van der Waals surface area contributed by atoms with Crippen LogP contribution in [0.5, 0.6) is 5.88 Å². The molecule has 1 fully saturated rings. The Bertz CT molecular complexity index is 1510. The van der Waals surface area contributed by atoms with E-state index in [-0.39, 0.29) is 30.0 Å². The van der Waals surface area contributed by atoms with E-state index in [0.717, 1.165) is 16.9 Å². The van der Waals surface area contributed by atoms with Gasteiger partial charge in [0.05, 0.1) is 18.3 Å². The molecule has 5 rings (SSSR count). The topological polar surface area (TPSA) is 86.0 Å². The molecule has 1 saturated heterocycles. The smallest absolute Gasteiger partial charge is 0.306 e. The molecule has 8 nitrogen and oxygen atoms in total. The maximum Gasteiger partial charge on any atom is 0.306 e. The third kappa shape index (κ3) is 6.08. The van der Waals surface area contributed by atoms with Gasteiger partial charge in [0, 0.05) is 30.3 Å². The highest BCUT2D eigenvalue weighted by molar-refractivity contribution is 5.96. The van der Waals surface area contributed by atoms with Crippen molar-refractivity contribution in [2.75, 3.05) is 11.4 Å². The summed E-state index contributed by atoms with van der Waals surface area (Å²) < 4.78 is 26.7. The zero-order valence-electron chi connectivity index (χ0n) is 22.4. The van der Waals surface area contributed by atoms with E-state index in [2.05, 4.69) is 10.1 Å². The third-order valence-electron chi connectivity index (χ3n) is 6.51. The Kier molecular flexibility index (Phi) is 7.08. The van der Waals surface area contributed by atoms with E-state index < -0.39 is 11.7 Å². The summed E-state index contributed by atoms with van der Waals surface area (Å²) in [4.78, 5) is 31.1. The second kappa shape index (κ2) is 10.5. The highest BCUT2D eigenvalue weighted by Crippen LogP contribution is 2.30. The summed E-state index contributed by atoms with van der Waals surface area (Å²) in [6.07, 6.45) is 1.87. The lowest BCUT2D eigenvalue weighted by Crippen LogP contribution is -2.27. The van der Waals surface area contributed by atoms with E-state index in [0.29, 0.717) is 30.1 Å². The van der Waals surface area contributed by atoms with Crippen molar-refractivity contribution in [2.24, 2.45) is 5.92 Å². The van der Waals surface area contributed by atoms with Crippen LogP contribution in [-0.4, -0.2) is 38.6 Å². The van der Waals surface area contributed by atoms with Gasteiger partial charge in [-0.15, -0.1) is 5.10 Å². The van der Waals surface area contributed by atoms with Crippen LogP contribution in [0.3, 0.4) is 0 Å². The fourth-order valence-corrected chi connectivity index (χ4v) is 4.72. The van der Waals surface area contributed by atoms with E-state index in [1.54, 1.807) is 33.8 Å². The maximum atomic E-state index is 13.6. The Morgan fingerprint density at radius 2 is 1.90 bits per heavy atom. The monoisotopic (exact) mass is 530 g/mol. The first-order valence-corrected chi connectivity index (χ1v) is 13.0. The molecule has 4 aromatic rings. The number of fused-ring (bicyclic) bond motifs is 1. The number of aromatic nitrogens is 3. The second-order valence-electron chi connectivity index (χ2n) is 10.8. The minimum atomic E-state index is -0.547. The fourth-order valence-electron chi connectivity index (χ4n) is 4.72. The first kappa shape index (κ1) is 26.3. The molecule has 39 heavy (non-hydrogen) atoms. The van der Waals surface area contributed by atoms with Crippen molar-refractivity contribution >= 4 is 23.2 Å². The van der Waals surface area contributed by atoms with Gasteiger partial charge >= 0.3 is 5.97 Å². The molecule has 2 aromatic carbocycles. The Labute approximate surface area is 226 Å². The van der Waals surface area contributed by atoms with Crippen LogP contribution in [0.2, 0.25) is 0 Å². The van der Waals surface area contributed by atoms with Gasteiger partial charge in [-0.2, -0.15) is 0 Å². The quantitative estimate of drug-likeness (QED) is 0.283. The average Bonchev–Trinajstić information content (AvgIpc) is 3.45. The molecule has 2 aromatic heterocycles. The van der Waals surface area contributed by atoms with Crippen LogP contribution in [0.1, 0.15) is 52.2 Å². The van der Waals surface area contributed by atoms with Gasteiger partial charge in [0.15, 0.2) is 5.65 Å². The molecule has 0 bridgehead atoms. The molecule has 202 valence electrons. The second-order valence-corrected chi connectivity index (χ2v) is 10.8. The lowest BCUT2D eigenvalue weighted by atomic mass is 10.0. The van der Waals surface area contributed by atoms with Gasteiger partial charge in [-0.3, -0.25) is 9.59 Å². The van der Waals surface area contributed by atoms with Gasteiger partial charge in [-0.25, -0.2) is 13.9 Å². The molecule has 0 radical (unpaired) electrons. The van der Waals surface area contributed by atoms with Crippen LogP contribution < -0.4 is 9.64 Å². The molecule has 9 heteroatoms. The van der Waals surface area contributed by atoms with Crippen LogP contribution in [0.25, 0.3) is 16.9 Å². The zero-order chi connectivity index (χ0) is 27.7.